The average Bonchev–Trinajstić information content (AvgIpc) is 2.81. The fraction of sp³-hybridized carbons (Fsp3) is 0.750. The number of nitrogens with zero attached hydrogens (tertiary/aromatic N) is 3. The standard InChI is InChI=1S/C12H23N5O/c1-3-17-6-7-18-11(9-17)10(15-13)8-12-14-4-5-16(12)2/h4-5,10-11,15H,3,6-9,13H2,1-2H3. The van der Waals surface area contributed by atoms with Crippen LogP contribution < -0.4 is 11.3 Å². The lowest BCUT2D eigenvalue weighted by Crippen LogP contribution is -2.54. The van der Waals surface area contributed by atoms with Gasteiger partial charge in [0.15, 0.2) is 0 Å². The molecular formula is C12H23N5O. The smallest absolute Gasteiger partial charge is 0.110 e. The number of aryl methyl sites for hydroxylation is 1. The van der Waals surface area contributed by atoms with Crippen LogP contribution >= 0.6 is 0 Å². The minimum Gasteiger partial charge on any atom is -0.374 e. The molecule has 0 radical (unpaired) electrons. The largest absolute Gasteiger partial charge is 0.374 e. The Morgan fingerprint density at radius 2 is 2.50 bits per heavy atom. The van der Waals surface area contributed by atoms with Gasteiger partial charge in [0, 0.05) is 39.0 Å². The topological polar surface area (TPSA) is 68.3 Å². The number of imidazole rings is 1. The van der Waals surface area contributed by atoms with E-state index in [1.807, 2.05) is 24.0 Å². The Bertz CT molecular complexity index is 367. The molecule has 3 N–H and O–H groups in total. The summed E-state index contributed by atoms with van der Waals surface area (Å²) in [6.45, 7) is 5.94. The molecule has 2 rings (SSSR count). The second kappa shape index (κ2) is 6.29. The summed E-state index contributed by atoms with van der Waals surface area (Å²) in [5.74, 6) is 6.69. The molecule has 102 valence electrons. The van der Waals surface area contributed by atoms with Crippen molar-refractivity contribution < 1.29 is 4.74 Å². The summed E-state index contributed by atoms with van der Waals surface area (Å²) in [6.07, 6.45) is 4.66. The molecule has 2 heterocycles. The number of hydrogen-bond acceptors (Lipinski definition) is 5. The molecule has 0 aliphatic carbocycles. The van der Waals surface area contributed by atoms with Crippen molar-refractivity contribution in [3.8, 4) is 0 Å². The fourth-order valence-electron chi connectivity index (χ4n) is 2.35. The van der Waals surface area contributed by atoms with Crippen molar-refractivity contribution in [2.45, 2.75) is 25.5 Å². The van der Waals surface area contributed by atoms with E-state index < -0.39 is 0 Å². The molecular weight excluding hydrogens is 230 g/mol. The zero-order valence-electron chi connectivity index (χ0n) is 11.2. The van der Waals surface area contributed by atoms with Crippen molar-refractivity contribution in [1.82, 2.24) is 19.9 Å². The third kappa shape index (κ3) is 3.08. The third-order valence-electron chi connectivity index (χ3n) is 3.61. The van der Waals surface area contributed by atoms with Crippen LogP contribution in [0.25, 0.3) is 0 Å². The molecule has 2 unspecified atom stereocenters. The van der Waals surface area contributed by atoms with Crippen molar-refractivity contribution in [2.24, 2.45) is 12.9 Å². The molecule has 2 atom stereocenters. The third-order valence-corrected chi connectivity index (χ3v) is 3.61. The van der Waals surface area contributed by atoms with E-state index in [1.54, 1.807) is 0 Å². The summed E-state index contributed by atoms with van der Waals surface area (Å²) in [5.41, 5.74) is 2.88. The molecule has 1 aromatic rings. The first kappa shape index (κ1) is 13.5. The molecule has 1 saturated heterocycles. The van der Waals surface area contributed by atoms with Crippen LogP contribution in [0.1, 0.15) is 12.7 Å². The van der Waals surface area contributed by atoms with E-state index in [0.717, 1.165) is 38.5 Å². The van der Waals surface area contributed by atoms with Crippen LogP contribution in [0.15, 0.2) is 12.4 Å². The fourth-order valence-corrected chi connectivity index (χ4v) is 2.35. The monoisotopic (exact) mass is 253 g/mol. The van der Waals surface area contributed by atoms with Crippen LogP contribution in [0.3, 0.4) is 0 Å². The van der Waals surface area contributed by atoms with E-state index in [0.29, 0.717) is 0 Å². The lowest BCUT2D eigenvalue weighted by Gasteiger charge is -2.36. The zero-order valence-corrected chi connectivity index (χ0v) is 11.2. The Morgan fingerprint density at radius 3 is 3.11 bits per heavy atom. The van der Waals surface area contributed by atoms with E-state index in [4.69, 9.17) is 10.6 Å². The van der Waals surface area contributed by atoms with E-state index in [9.17, 15) is 0 Å². The Hall–Kier alpha value is -0.950. The number of rotatable bonds is 5. The summed E-state index contributed by atoms with van der Waals surface area (Å²) >= 11 is 0. The number of nitrogens with one attached hydrogen (secondary N) is 1. The molecule has 0 saturated carbocycles. The van der Waals surface area contributed by atoms with Crippen molar-refractivity contribution in [2.75, 3.05) is 26.2 Å². The Labute approximate surface area is 108 Å². The number of likely N-dealkylation sites (N-methyl/N-ethyl adjacent to an activating group) is 1. The lowest BCUT2D eigenvalue weighted by molar-refractivity contribution is -0.0451. The summed E-state index contributed by atoms with van der Waals surface area (Å²) in [6, 6.07) is 0.0976. The predicted octanol–water partition coefficient (Wildman–Crippen LogP) is -0.485. The highest BCUT2D eigenvalue weighted by atomic mass is 16.5. The average molecular weight is 253 g/mol. The maximum absolute atomic E-state index is 5.83. The van der Waals surface area contributed by atoms with Gasteiger partial charge in [0.1, 0.15) is 5.82 Å². The number of hydrogen-bond donors (Lipinski definition) is 2. The van der Waals surface area contributed by atoms with Crippen molar-refractivity contribution >= 4 is 0 Å². The molecule has 18 heavy (non-hydrogen) atoms. The molecule has 1 aromatic heterocycles. The van der Waals surface area contributed by atoms with Crippen LogP contribution in [-0.4, -0.2) is 52.8 Å². The summed E-state index contributed by atoms with van der Waals surface area (Å²) in [4.78, 5) is 6.72. The minimum absolute atomic E-state index is 0.0976. The highest BCUT2D eigenvalue weighted by Crippen LogP contribution is 2.12. The number of aromatic nitrogens is 2. The van der Waals surface area contributed by atoms with Crippen LogP contribution in [0.2, 0.25) is 0 Å². The Morgan fingerprint density at radius 1 is 1.67 bits per heavy atom. The molecule has 6 nitrogen and oxygen atoms in total. The molecule has 0 amide bonds. The SMILES string of the molecule is CCN1CCOC(C(Cc2nccn2C)NN)C1. The van der Waals surface area contributed by atoms with E-state index >= 15 is 0 Å². The van der Waals surface area contributed by atoms with E-state index in [2.05, 4.69) is 22.2 Å². The first-order valence-corrected chi connectivity index (χ1v) is 6.51. The van der Waals surface area contributed by atoms with Gasteiger partial charge in [-0.1, -0.05) is 6.92 Å². The Kier molecular flexibility index (Phi) is 4.71. The van der Waals surface area contributed by atoms with Gasteiger partial charge in [0.2, 0.25) is 0 Å². The number of hydrazine groups is 1. The molecule has 0 bridgehead atoms. The van der Waals surface area contributed by atoms with E-state index in [1.165, 1.54) is 0 Å². The predicted molar refractivity (Wildman–Crippen MR) is 69.9 cm³/mol. The lowest BCUT2D eigenvalue weighted by atomic mass is 10.1. The highest BCUT2D eigenvalue weighted by molar-refractivity contribution is 4.97. The van der Waals surface area contributed by atoms with Crippen molar-refractivity contribution in [3.63, 3.8) is 0 Å². The van der Waals surface area contributed by atoms with Gasteiger partial charge in [0.25, 0.3) is 0 Å². The van der Waals surface area contributed by atoms with Gasteiger partial charge in [-0.3, -0.25) is 16.2 Å². The van der Waals surface area contributed by atoms with Gasteiger partial charge in [-0.05, 0) is 6.54 Å². The molecule has 1 fully saturated rings. The zero-order chi connectivity index (χ0) is 13.0. The molecule has 1 aliphatic heterocycles. The van der Waals surface area contributed by atoms with Gasteiger partial charge < -0.3 is 9.30 Å². The molecule has 0 spiro atoms. The van der Waals surface area contributed by atoms with Crippen LogP contribution in [-0.2, 0) is 18.2 Å². The summed E-state index contributed by atoms with van der Waals surface area (Å²) in [7, 11) is 2.00. The molecule has 0 aromatic carbocycles. The second-order valence-corrected chi connectivity index (χ2v) is 4.73. The summed E-state index contributed by atoms with van der Waals surface area (Å²) in [5, 5.41) is 0. The van der Waals surface area contributed by atoms with Crippen LogP contribution in [0.5, 0.6) is 0 Å². The quantitative estimate of drug-likeness (QED) is 0.548. The first-order valence-electron chi connectivity index (χ1n) is 6.51. The van der Waals surface area contributed by atoms with Crippen LogP contribution in [0, 0.1) is 0 Å². The number of morpholine rings is 1. The first-order chi connectivity index (χ1) is 8.74. The maximum atomic E-state index is 5.83. The minimum atomic E-state index is 0.0976. The highest BCUT2D eigenvalue weighted by Gasteiger charge is 2.27. The van der Waals surface area contributed by atoms with Gasteiger partial charge in [-0.15, -0.1) is 0 Å². The number of ether oxygens (including phenoxy) is 1. The second-order valence-electron chi connectivity index (χ2n) is 4.73. The Balaban J connectivity index is 1.97. The summed E-state index contributed by atoms with van der Waals surface area (Å²) < 4.78 is 7.85. The van der Waals surface area contributed by atoms with Crippen molar-refractivity contribution in [1.29, 1.82) is 0 Å². The van der Waals surface area contributed by atoms with Gasteiger partial charge in [-0.25, -0.2) is 4.98 Å². The van der Waals surface area contributed by atoms with E-state index in [-0.39, 0.29) is 12.1 Å². The van der Waals surface area contributed by atoms with Gasteiger partial charge in [-0.2, -0.15) is 0 Å². The van der Waals surface area contributed by atoms with Gasteiger partial charge >= 0.3 is 0 Å². The van der Waals surface area contributed by atoms with Gasteiger partial charge in [0.05, 0.1) is 18.8 Å². The van der Waals surface area contributed by atoms with Crippen molar-refractivity contribution in [3.05, 3.63) is 18.2 Å². The number of nitrogens with two attached hydrogens (primary N) is 1. The normalized spacial score (nSPS) is 23.2. The maximum Gasteiger partial charge on any atom is 0.110 e. The molecule has 6 heteroatoms. The molecule has 1 aliphatic rings. The van der Waals surface area contributed by atoms with Crippen LogP contribution in [0.4, 0.5) is 0 Å².